The Morgan fingerprint density at radius 3 is 2.68 bits per heavy atom. The number of para-hydroxylation sites is 1. The van der Waals surface area contributed by atoms with E-state index in [0.29, 0.717) is 10.8 Å². The van der Waals surface area contributed by atoms with Crippen LogP contribution in [-0.4, -0.2) is 6.54 Å². The second-order valence-corrected chi connectivity index (χ2v) is 5.33. The Labute approximate surface area is 126 Å². The highest BCUT2D eigenvalue weighted by molar-refractivity contribution is 9.10. The molecule has 0 aliphatic heterocycles. The van der Waals surface area contributed by atoms with Gasteiger partial charge in [0.2, 0.25) is 0 Å². The van der Waals surface area contributed by atoms with Crippen molar-refractivity contribution >= 4 is 27.5 Å². The van der Waals surface area contributed by atoms with E-state index in [-0.39, 0.29) is 0 Å². The summed E-state index contributed by atoms with van der Waals surface area (Å²) in [5, 5.41) is 3.90. The lowest BCUT2D eigenvalue weighted by molar-refractivity contribution is 0.482. The number of nitrogens with one attached hydrogen (secondary N) is 1. The second-order valence-electron chi connectivity index (χ2n) is 4.07. The molecule has 0 radical (unpaired) electrons. The minimum absolute atomic E-state index is 0.607. The first-order valence-electron chi connectivity index (χ1n) is 6.12. The molecule has 0 aliphatic carbocycles. The molecular formula is C15H15BrClNO. The minimum Gasteiger partial charge on any atom is -0.456 e. The van der Waals surface area contributed by atoms with Gasteiger partial charge < -0.3 is 10.1 Å². The number of hydrogen-bond acceptors (Lipinski definition) is 2. The fraction of sp³-hybridized carbons (Fsp3) is 0.200. The zero-order chi connectivity index (χ0) is 13.7. The minimum atomic E-state index is 0.607. The van der Waals surface area contributed by atoms with Crippen LogP contribution in [0.4, 0.5) is 0 Å². The number of halogens is 2. The second kappa shape index (κ2) is 6.94. The third kappa shape index (κ3) is 3.96. The van der Waals surface area contributed by atoms with Crippen LogP contribution in [0.5, 0.6) is 11.5 Å². The van der Waals surface area contributed by atoms with Gasteiger partial charge in [-0.15, -0.1) is 0 Å². The molecule has 0 spiro atoms. The summed E-state index contributed by atoms with van der Waals surface area (Å²) in [4.78, 5) is 0. The van der Waals surface area contributed by atoms with Gasteiger partial charge in [-0.2, -0.15) is 0 Å². The van der Waals surface area contributed by atoms with Crippen LogP contribution in [0, 0.1) is 0 Å². The van der Waals surface area contributed by atoms with Gasteiger partial charge in [0.15, 0.2) is 0 Å². The highest BCUT2D eigenvalue weighted by atomic mass is 79.9. The molecule has 0 aliphatic rings. The van der Waals surface area contributed by atoms with Gasteiger partial charge in [0, 0.05) is 11.0 Å². The Morgan fingerprint density at radius 2 is 2.00 bits per heavy atom. The van der Waals surface area contributed by atoms with E-state index in [0.717, 1.165) is 23.3 Å². The number of benzene rings is 2. The molecule has 2 aromatic carbocycles. The summed E-state index contributed by atoms with van der Waals surface area (Å²) in [5.41, 5.74) is 1.20. The van der Waals surface area contributed by atoms with Crippen LogP contribution in [-0.2, 0) is 6.54 Å². The Bertz CT molecular complexity index is 560. The molecule has 0 heterocycles. The lowest BCUT2D eigenvalue weighted by Crippen LogP contribution is -2.11. The molecule has 0 saturated heterocycles. The van der Waals surface area contributed by atoms with Crippen molar-refractivity contribution in [1.29, 1.82) is 0 Å². The van der Waals surface area contributed by atoms with Crippen molar-refractivity contribution < 1.29 is 4.74 Å². The molecule has 2 rings (SSSR count). The molecule has 0 fully saturated rings. The smallest absolute Gasteiger partial charge is 0.146 e. The first kappa shape index (κ1) is 14.4. The maximum absolute atomic E-state index is 6.07. The molecule has 0 amide bonds. The lowest BCUT2D eigenvalue weighted by Gasteiger charge is -2.10. The van der Waals surface area contributed by atoms with Gasteiger partial charge >= 0.3 is 0 Å². The molecule has 0 unspecified atom stereocenters. The van der Waals surface area contributed by atoms with E-state index in [2.05, 4.69) is 28.2 Å². The van der Waals surface area contributed by atoms with Crippen LogP contribution >= 0.6 is 27.5 Å². The summed E-state index contributed by atoms with van der Waals surface area (Å²) in [6, 6.07) is 13.4. The highest BCUT2D eigenvalue weighted by Gasteiger charge is 2.05. The van der Waals surface area contributed by atoms with E-state index in [1.165, 1.54) is 5.56 Å². The third-order valence-electron chi connectivity index (χ3n) is 2.65. The molecule has 100 valence electrons. The topological polar surface area (TPSA) is 21.3 Å². The van der Waals surface area contributed by atoms with E-state index < -0.39 is 0 Å². The molecule has 0 aromatic heterocycles. The Balaban J connectivity index is 2.14. The molecule has 0 atom stereocenters. The van der Waals surface area contributed by atoms with Gasteiger partial charge in [0.1, 0.15) is 11.5 Å². The van der Waals surface area contributed by atoms with Crippen LogP contribution in [0.2, 0.25) is 5.02 Å². The first-order chi connectivity index (χ1) is 9.20. The van der Waals surface area contributed by atoms with Crippen molar-refractivity contribution in [2.24, 2.45) is 0 Å². The molecule has 19 heavy (non-hydrogen) atoms. The molecule has 0 saturated carbocycles. The predicted octanol–water partition coefficient (Wildman–Crippen LogP) is 5.00. The zero-order valence-electron chi connectivity index (χ0n) is 10.6. The Kier molecular flexibility index (Phi) is 5.25. The molecular weight excluding hydrogens is 326 g/mol. The standard InChI is InChI=1S/C15H15BrClNO/c1-2-18-10-11-7-8-12(9-13(11)16)19-15-6-4-3-5-14(15)17/h3-9,18H,2,10H2,1H3. The maximum Gasteiger partial charge on any atom is 0.146 e. The van der Waals surface area contributed by atoms with E-state index in [1.807, 2.05) is 42.5 Å². The molecule has 4 heteroatoms. The van der Waals surface area contributed by atoms with E-state index in [4.69, 9.17) is 16.3 Å². The predicted molar refractivity (Wildman–Crippen MR) is 83.0 cm³/mol. The van der Waals surface area contributed by atoms with Crippen molar-refractivity contribution in [3.8, 4) is 11.5 Å². The summed E-state index contributed by atoms with van der Waals surface area (Å²) in [6.45, 7) is 3.87. The summed E-state index contributed by atoms with van der Waals surface area (Å²) < 4.78 is 6.79. The Morgan fingerprint density at radius 1 is 1.21 bits per heavy atom. The quantitative estimate of drug-likeness (QED) is 0.826. The molecule has 2 nitrogen and oxygen atoms in total. The van der Waals surface area contributed by atoms with Gasteiger partial charge in [-0.3, -0.25) is 0 Å². The molecule has 2 aromatic rings. The van der Waals surface area contributed by atoms with E-state index in [9.17, 15) is 0 Å². The Hall–Kier alpha value is -1.03. The van der Waals surface area contributed by atoms with E-state index >= 15 is 0 Å². The maximum atomic E-state index is 6.07. The molecule has 1 N–H and O–H groups in total. The number of ether oxygens (including phenoxy) is 1. The molecule has 0 bridgehead atoms. The average Bonchev–Trinajstić information content (AvgIpc) is 2.40. The third-order valence-corrected chi connectivity index (χ3v) is 3.70. The monoisotopic (exact) mass is 339 g/mol. The fourth-order valence-corrected chi connectivity index (χ4v) is 2.32. The normalized spacial score (nSPS) is 10.5. The van der Waals surface area contributed by atoms with Gasteiger partial charge in [-0.05, 0) is 36.4 Å². The summed E-state index contributed by atoms with van der Waals surface area (Å²) in [7, 11) is 0. The van der Waals surface area contributed by atoms with Gasteiger partial charge in [0.25, 0.3) is 0 Å². The summed E-state index contributed by atoms with van der Waals surface area (Å²) >= 11 is 9.62. The zero-order valence-corrected chi connectivity index (χ0v) is 13.0. The van der Waals surface area contributed by atoms with Crippen molar-refractivity contribution in [2.75, 3.05) is 6.54 Å². The fourth-order valence-electron chi connectivity index (χ4n) is 1.65. The van der Waals surface area contributed by atoms with Crippen LogP contribution < -0.4 is 10.1 Å². The van der Waals surface area contributed by atoms with Crippen LogP contribution in [0.15, 0.2) is 46.9 Å². The SMILES string of the molecule is CCNCc1ccc(Oc2ccccc2Cl)cc1Br. The highest BCUT2D eigenvalue weighted by Crippen LogP contribution is 2.31. The van der Waals surface area contributed by atoms with Crippen molar-refractivity contribution in [1.82, 2.24) is 5.32 Å². The van der Waals surface area contributed by atoms with Crippen molar-refractivity contribution in [3.05, 3.63) is 57.5 Å². The van der Waals surface area contributed by atoms with Crippen LogP contribution in [0.3, 0.4) is 0 Å². The average molecular weight is 341 g/mol. The van der Waals surface area contributed by atoms with E-state index in [1.54, 1.807) is 0 Å². The largest absolute Gasteiger partial charge is 0.456 e. The van der Waals surface area contributed by atoms with Crippen molar-refractivity contribution in [3.63, 3.8) is 0 Å². The van der Waals surface area contributed by atoms with Crippen LogP contribution in [0.1, 0.15) is 12.5 Å². The van der Waals surface area contributed by atoms with Crippen LogP contribution in [0.25, 0.3) is 0 Å². The van der Waals surface area contributed by atoms with Gasteiger partial charge in [-0.25, -0.2) is 0 Å². The van der Waals surface area contributed by atoms with Gasteiger partial charge in [0.05, 0.1) is 5.02 Å². The lowest BCUT2D eigenvalue weighted by atomic mass is 10.2. The van der Waals surface area contributed by atoms with Gasteiger partial charge in [-0.1, -0.05) is 52.7 Å². The number of rotatable bonds is 5. The number of hydrogen-bond donors (Lipinski definition) is 1. The first-order valence-corrected chi connectivity index (χ1v) is 7.29. The summed E-state index contributed by atoms with van der Waals surface area (Å²) in [6.07, 6.45) is 0. The van der Waals surface area contributed by atoms with Crippen molar-refractivity contribution in [2.45, 2.75) is 13.5 Å². The summed E-state index contributed by atoms with van der Waals surface area (Å²) in [5.74, 6) is 1.43.